The Hall–Kier alpha value is -2.50. The molecule has 3 fully saturated rings. The van der Waals surface area contributed by atoms with Crippen LogP contribution in [0, 0.1) is 0 Å². The van der Waals surface area contributed by atoms with E-state index in [2.05, 4.69) is 5.32 Å². The number of hydrogen-bond donors (Lipinski definition) is 2. The third kappa shape index (κ3) is 4.63. The molecule has 2 saturated carbocycles. The second-order valence-electron chi connectivity index (χ2n) is 8.59. The summed E-state index contributed by atoms with van der Waals surface area (Å²) in [4.78, 5) is 20.0. The van der Waals surface area contributed by atoms with E-state index in [1.807, 2.05) is 13.0 Å². The molecule has 0 radical (unpaired) electrons. The number of benzene rings is 1. The summed E-state index contributed by atoms with van der Waals surface area (Å²) < 4.78 is 6.04. The Morgan fingerprint density at radius 2 is 1.83 bits per heavy atom. The number of anilines is 1. The SMILES string of the molecule is CCNc1ccc(/C=C2/O/C(=N/C3CCCCC3)N(C3CCCCC3)C2=O)c(O)c1. The number of rotatable bonds is 5. The number of aliphatic imine (C=N–C) groups is 1. The Morgan fingerprint density at radius 1 is 1.13 bits per heavy atom. The topological polar surface area (TPSA) is 74.2 Å². The summed E-state index contributed by atoms with van der Waals surface area (Å²) in [7, 11) is 0. The Bertz CT molecular complexity index is 821. The van der Waals surface area contributed by atoms with Gasteiger partial charge in [-0.3, -0.25) is 9.69 Å². The molecule has 2 N–H and O–H groups in total. The van der Waals surface area contributed by atoms with Crippen LogP contribution in [0.4, 0.5) is 5.69 Å². The van der Waals surface area contributed by atoms with Crippen molar-refractivity contribution < 1.29 is 14.6 Å². The van der Waals surface area contributed by atoms with E-state index in [4.69, 9.17) is 9.73 Å². The highest BCUT2D eigenvalue weighted by atomic mass is 16.5. The lowest BCUT2D eigenvalue weighted by Gasteiger charge is -2.29. The normalized spacial score (nSPS) is 23.9. The number of phenols is 1. The fraction of sp³-hybridized carbons (Fsp3) is 0.583. The van der Waals surface area contributed by atoms with E-state index in [0.717, 1.165) is 50.8 Å². The fourth-order valence-electron chi connectivity index (χ4n) is 4.73. The van der Waals surface area contributed by atoms with Gasteiger partial charge in [0.1, 0.15) is 5.75 Å². The minimum absolute atomic E-state index is 0.124. The molecule has 0 bridgehead atoms. The number of amides is 1. The fourth-order valence-corrected chi connectivity index (χ4v) is 4.73. The van der Waals surface area contributed by atoms with Gasteiger partial charge < -0.3 is 15.2 Å². The van der Waals surface area contributed by atoms with Gasteiger partial charge in [0.2, 0.25) is 0 Å². The summed E-state index contributed by atoms with van der Waals surface area (Å²) >= 11 is 0. The molecule has 3 aliphatic rings. The number of phenolic OH excluding ortho intramolecular Hbond substituents is 1. The molecule has 0 unspecified atom stereocenters. The first-order valence-corrected chi connectivity index (χ1v) is 11.5. The van der Waals surface area contributed by atoms with Crippen LogP contribution in [0.5, 0.6) is 5.75 Å². The summed E-state index contributed by atoms with van der Waals surface area (Å²) in [5, 5.41) is 13.6. The first-order valence-electron chi connectivity index (χ1n) is 11.5. The van der Waals surface area contributed by atoms with E-state index < -0.39 is 0 Å². The molecule has 1 saturated heterocycles. The molecule has 1 aliphatic heterocycles. The van der Waals surface area contributed by atoms with Crippen molar-refractivity contribution in [3.63, 3.8) is 0 Å². The highest BCUT2D eigenvalue weighted by Gasteiger charge is 2.40. The van der Waals surface area contributed by atoms with E-state index in [0.29, 0.717) is 11.6 Å². The van der Waals surface area contributed by atoms with E-state index in [-0.39, 0.29) is 29.5 Å². The number of amidine groups is 1. The van der Waals surface area contributed by atoms with Gasteiger partial charge in [-0.1, -0.05) is 38.5 Å². The molecule has 0 spiro atoms. The zero-order valence-corrected chi connectivity index (χ0v) is 17.9. The number of hydrogen-bond acceptors (Lipinski definition) is 5. The Kier molecular flexibility index (Phi) is 6.60. The summed E-state index contributed by atoms with van der Waals surface area (Å²) in [5.41, 5.74) is 1.42. The summed E-state index contributed by atoms with van der Waals surface area (Å²) in [5.74, 6) is 0.243. The molecule has 6 heteroatoms. The van der Waals surface area contributed by atoms with Crippen LogP contribution in [-0.2, 0) is 9.53 Å². The van der Waals surface area contributed by atoms with Crippen LogP contribution in [0.1, 0.15) is 76.7 Å². The lowest BCUT2D eigenvalue weighted by molar-refractivity contribution is -0.124. The Labute approximate surface area is 179 Å². The molecule has 30 heavy (non-hydrogen) atoms. The molecule has 2 aliphatic carbocycles. The molecule has 1 aromatic carbocycles. The maximum Gasteiger partial charge on any atom is 0.300 e. The van der Waals surface area contributed by atoms with Gasteiger partial charge in [-0.25, -0.2) is 4.99 Å². The average Bonchev–Trinajstić information content (AvgIpc) is 3.06. The molecule has 1 amide bonds. The van der Waals surface area contributed by atoms with Gasteiger partial charge >= 0.3 is 6.02 Å². The number of aromatic hydroxyl groups is 1. The minimum Gasteiger partial charge on any atom is -0.507 e. The molecule has 162 valence electrons. The van der Waals surface area contributed by atoms with Crippen molar-refractivity contribution in [1.29, 1.82) is 0 Å². The smallest absolute Gasteiger partial charge is 0.300 e. The quantitative estimate of drug-likeness (QED) is 0.665. The largest absolute Gasteiger partial charge is 0.507 e. The van der Waals surface area contributed by atoms with Gasteiger partial charge in [-0.15, -0.1) is 0 Å². The number of carbonyl (C=O) groups excluding carboxylic acids is 1. The molecule has 1 aromatic rings. The molecular formula is C24H33N3O3. The first-order chi connectivity index (χ1) is 14.7. The van der Waals surface area contributed by atoms with Crippen LogP contribution in [0.15, 0.2) is 29.0 Å². The number of ether oxygens (including phenoxy) is 1. The number of nitrogens with zero attached hydrogens (tertiary/aromatic N) is 2. The van der Waals surface area contributed by atoms with Crippen LogP contribution < -0.4 is 5.32 Å². The van der Waals surface area contributed by atoms with Crippen LogP contribution in [-0.4, -0.2) is 40.6 Å². The van der Waals surface area contributed by atoms with E-state index in [1.165, 1.54) is 25.7 Å². The first kappa shape index (κ1) is 20.8. The van der Waals surface area contributed by atoms with Crippen molar-refractivity contribution in [2.45, 2.75) is 83.2 Å². The van der Waals surface area contributed by atoms with Gasteiger partial charge in [-0.2, -0.15) is 0 Å². The Balaban J connectivity index is 1.61. The van der Waals surface area contributed by atoms with E-state index >= 15 is 0 Å². The maximum atomic E-state index is 13.3. The van der Waals surface area contributed by atoms with E-state index in [1.54, 1.807) is 23.1 Å². The minimum atomic E-state index is -0.133. The van der Waals surface area contributed by atoms with Crippen LogP contribution in [0.2, 0.25) is 0 Å². The lowest BCUT2D eigenvalue weighted by atomic mass is 9.94. The highest BCUT2D eigenvalue weighted by molar-refractivity contribution is 6.11. The highest BCUT2D eigenvalue weighted by Crippen LogP contribution is 2.32. The van der Waals surface area contributed by atoms with Crippen molar-refractivity contribution in [1.82, 2.24) is 4.90 Å². The zero-order chi connectivity index (χ0) is 20.9. The zero-order valence-electron chi connectivity index (χ0n) is 17.9. The van der Waals surface area contributed by atoms with Crippen LogP contribution in [0.3, 0.4) is 0 Å². The monoisotopic (exact) mass is 411 g/mol. The predicted molar refractivity (Wildman–Crippen MR) is 119 cm³/mol. The van der Waals surface area contributed by atoms with Gasteiger partial charge in [0.15, 0.2) is 5.76 Å². The molecule has 0 atom stereocenters. The van der Waals surface area contributed by atoms with Crippen molar-refractivity contribution in [3.8, 4) is 5.75 Å². The summed E-state index contributed by atoms with van der Waals surface area (Å²) in [6, 6.07) is 6.23. The van der Waals surface area contributed by atoms with Crippen LogP contribution in [0.25, 0.3) is 6.08 Å². The summed E-state index contributed by atoms with van der Waals surface area (Å²) in [6.45, 7) is 2.78. The van der Waals surface area contributed by atoms with Gasteiger partial charge in [0, 0.05) is 29.9 Å². The average molecular weight is 412 g/mol. The van der Waals surface area contributed by atoms with Gasteiger partial charge in [-0.05, 0) is 50.8 Å². The second kappa shape index (κ2) is 9.54. The van der Waals surface area contributed by atoms with Crippen molar-refractivity contribution in [3.05, 3.63) is 29.5 Å². The van der Waals surface area contributed by atoms with Gasteiger partial charge in [0.05, 0.1) is 6.04 Å². The second-order valence-corrected chi connectivity index (χ2v) is 8.59. The maximum absolute atomic E-state index is 13.3. The third-order valence-corrected chi connectivity index (χ3v) is 6.34. The standard InChI is InChI=1S/C24H33N3O3/c1-2-25-19-14-13-17(21(28)16-19)15-22-23(29)27(20-11-7-4-8-12-20)24(30-22)26-18-9-5-3-6-10-18/h13-16,18,20,25,28H,2-12H2,1H3/b22-15+,26-24+. The molecule has 6 nitrogen and oxygen atoms in total. The molecule has 0 aromatic heterocycles. The van der Waals surface area contributed by atoms with Crippen LogP contribution >= 0.6 is 0 Å². The number of carbonyl (C=O) groups is 1. The summed E-state index contributed by atoms with van der Waals surface area (Å²) in [6.07, 6.45) is 12.9. The van der Waals surface area contributed by atoms with Crippen molar-refractivity contribution in [2.75, 3.05) is 11.9 Å². The van der Waals surface area contributed by atoms with Crippen molar-refractivity contribution >= 4 is 23.7 Å². The molecular weight excluding hydrogens is 378 g/mol. The lowest BCUT2D eigenvalue weighted by Crippen LogP contribution is -2.41. The molecule has 4 rings (SSSR count). The third-order valence-electron chi connectivity index (χ3n) is 6.34. The molecule has 1 heterocycles. The van der Waals surface area contributed by atoms with Gasteiger partial charge in [0.25, 0.3) is 5.91 Å². The predicted octanol–water partition coefficient (Wildman–Crippen LogP) is 5.05. The Morgan fingerprint density at radius 3 is 2.50 bits per heavy atom. The van der Waals surface area contributed by atoms with E-state index in [9.17, 15) is 9.90 Å². The number of nitrogens with one attached hydrogen (secondary N) is 1. The van der Waals surface area contributed by atoms with Crippen molar-refractivity contribution in [2.24, 2.45) is 4.99 Å².